The van der Waals surface area contributed by atoms with Gasteiger partial charge in [-0.2, -0.15) is 17.0 Å². The lowest BCUT2D eigenvalue weighted by molar-refractivity contribution is 0.179. The maximum Gasteiger partial charge on any atom is 0.0991 e. The Morgan fingerprint density at radius 2 is 1.93 bits per heavy atom. The van der Waals surface area contributed by atoms with Gasteiger partial charge in [-0.25, -0.2) is 0 Å². The molecule has 4 rings (SSSR count). The first-order valence-electron chi connectivity index (χ1n) is 10.9. The van der Waals surface area contributed by atoms with Gasteiger partial charge in [-0.05, 0) is 93.4 Å². The molecule has 0 aromatic heterocycles. The van der Waals surface area contributed by atoms with Gasteiger partial charge in [-0.3, -0.25) is 0 Å². The van der Waals surface area contributed by atoms with Crippen molar-refractivity contribution >= 4 is 17.4 Å². The zero-order chi connectivity index (χ0) is 21.1. The third kappa shape index (κ3) is 4.02. The monoisotopic (exact) mass is 417 g/mol. The van der Waals surface area contributed by atoms with Crippen molar-refractivity contribution in [3.8, 4) is 6.07 Å². The number of hydrogen-bond donors (Lipinski definition) is 1. The van der Waals surface area contributed by atoms with E-state index >= 15 is 0 Å². The molecule has 2 aliphatic rings. The minimum Gasteiger partial charge on any atom is -0.358 e. The van der Waals surface area contributed by atoms with E-state index in [1.54, 1.807) is 0 Å². The third-order valence-electron chi connectivity index (χ3n) is 6.98. The van der Waals surface area contributed by atoms with Gasteiger partial charge in [-0.15, -0.1) is 0 Å². The normalized spacial score (nSPS) is 18.6. The minimum atomic E-state index is -0.0114. The second-order valence-electron chi connectivity index (χ2n) is 8.62. The summed E-state index contributed by atoms with van der Waals surface area (Å²) in [7, 11) is 0. The van der Waals surface area contributed by atoms with Gasteiger partial charge in [0.05, 0.1) is 11.6 Å². The van der Waals surface area contributed by atoms with Gasteiger partial charge in [0.15, 0.2) is 0 Å². The molecule has 1 N–H and O–H groups in total. The van der Waals surface area contributed by atoms with Crippen molar-refractivity contribution in [3.05, 3.63) is 77.0 Å². The molecule has 2 aromatic rings. The summed E-state index contributed by atoms with van der Waals surface area (Å²) in [5.41, 5.74) is 7.08. The molecule has 1 saturated heterocycles. The summed E-state index contributed by atoms with van der Waals surface area (Å²) in [5, 5.41) is 13.4. The van der Waals surface area contributed by atoms with Gasteiger partial charge in [0, 0.05) is 22.0 Å². The van der Waals surface area contributed by atoms with Crippen LogP contribution in [0.2, 0.25) is 0 Å². The number of anilines is 1. The third-order valence-corrected chi connectivity index (χ3v) is 7.96. The topological polar surface area (TPSA) is 39.1 Å². The summed E-state index contributed by atoms with van der Waals surface area (Å²) in [6.45, 7) is 9.91. The molecule has 1 unspecified atom stereocenters. The van der Waals surface area contributed by atoms with Gasteiger partial charge in [0.1, 0.15) is 0 Å². The fourth-order valence-corrected chi connectivity index (χ4v) is 5.32. The summed E-state index contributed by atoms with van der Waals surface area (Å²) in [6, 6.07) is 17.4. The van der Waals surface area contributed by atoms with E-state index in [0.29, 0.717) is 5.25 Å². The number of benzene rings is 2. The number of nitriles is 1. The zero-order valence-corrected chi connectivity index (χ0v) is 18.9. The van der Waals surface area contributed by atoms with Crippen LogP contribution in [0.4, 0.5) is 5.69 Å². The van der Waals surface area contributed by atoms with E-state index in [9.17, 15) is 5.26 Å². The molecule has 1 atom stereocenters. The Morgan fingerprint density at radius 3 is 2.60 bits per heavy atom. The van der Waals surface area contributed by atoms with Crippen molar-refractivity contribution in [2.45, 2.75) is 43.3 Å². The van der Waals surface area contributed by atoms with Gasteiger partial charge < -0.3 is 10.2 Å². The number of nitrogens with one attached hydrogen (secondary N) is 1. The van der Waals surface area contributed by atoms with Gasteiger partial charge in [0.2, 0.25) is 0 Å². The Kier molecular flexibility index (Phi) is 6.22. The summed E-state index contributed by atoms with van der Waals surface area (Å²) in [6.07, 6.45) is 6.64. The summed E-state index contributed by atoms with van der Waals surface area (Å²) < 4.78 is 0. The van der Waals surface area contributed by atoms with Crippen molar-refractivity contribution in [1.29, 1.82) is 5.26 Å². The number of piperidine rings is 1. The van der Waals surface area contributed by atoms with Crippen molar-refractivity contribution in [2.75, 3.05) is 31.2 Å². The average molecular weight is 418 g/mol. The Morgan fingerprint density at radius 1 is 1.20 bits per heavy atom. The molecular weight excluding hydrogens is 386 g/mol. The number of hydrogen-bond acceptors (Lipinski definition) is 4. The molecule has 0 saturated carbocycles. The summed E-state index contributed by atoms with van der Waals surface area (Å²) in [4.78, 5) is 2.59. The van der Waals surface area contributed by atoms with E-state index in [-0.39, 0.29) is 5.41 Å². The molecular formula is C26H31N3S. The minimum absolute atomic E-state index is 0.0114. The molecule has 4 heteroatoms. The smallest absolute Gasteiger partial charge is 0.0991 e. The quantitative estimate of drug-likeness (QED) is 0.636. The number of thioether (sulfide) groups is 1. The van der Waals surface area contributed by atoms with E-state index in [0.717, 1.165) is 55.8 Å². The zero-order valence-electron chi connectivity index (χ0n) is 18.1. The van der Waals surface area contributed by atoms with E-state index in [1.807, 2.05) is 23.9 Å². The predicted octanol–water partition coefficient (Wildman–Crippen LogP) is 5.89. The molecule has 0 bridgehead atoms. The molecule has 1 spiro atoms. The number of nitrogens with zero attached hydrogens (tertiary/aromatic N) is 2. The van der Waals surface area contributed by atoms with Crippen LogP contribution in [0.3, 0.4) is 0 Å². The van der Waals surface area contributed by atoms with Crippen LogP contribution in [0.5, 0.6) is 0 Å². The van der Waals surface area contributed by atoms with E-state index < -0.39 is 0 Å². The van der Waals surface area contributed by atoms with E-state index in [2.05, 4.69) is 66.4 Å². The Bertz CT molecular complexity index is 949. The summed E-state index contributed by atoms with van der Waals surface area (Å²) >= 11 is 1.89. The predicted molar refractivity (Wildman–Crippen MR) is 128 cm³/mol. The fourth-order valence-electron chi connectivity index (χ4n) is 4.89. The molecule has 0 amide bonds. The lowest BCUT2D eigenvalue weighted by Gasteiger charge is -2.40. The first kappa shape index (κ1) is 21.0. The van der Waals surface area contributed by atoms with Crippen LogP contribution >= 0.6 is 11.8 Å². The van der Waals surface area contributed by atoms with Crippen LogP contribution in [0.15, 0.2) is 54.7 Å². The van der Waals surface area contributed by atoms with Crippen molar-refractivity contribution in [2.24, 2.45) is 0 Å². The van der Waals surface area contributed by atoms with Crippen LogP contribution in [-0.4, -0.2) is 30.8 Å². The SMILES string of the molecule is C=C1Nc2ccc(C#N)cc2C12CCN(CCCc1ccc(C(C)SC)cc1)CC2. The van der Waals surface area contributed by atoms with Gasteiger partial charge in [0.25, 0.3) is 0 Å². The van der Waals surface area contributed by atoms with Gasteiger partial charge in [-0.1, -0.05) is 30.8 Å². The summed E-state index contributed by atoms with van der Waals surface area (Å²) in [5.74, 6) is 0. The number of fused-ring (bicyclic) bond motifs is 2. The maximum atomic E-state index is 9.31. The van der Waals surface area contributed by atoms with Crippen molar-refractivity contribution in [3.63, 3.8) is 0 Å². The highest BCUT2D eigenvalue weighted by Gasteiger charge is 2.44. The highest BCUT2D eigenvalue weighted by molar-refractivity contribution is 7.98. The van der Waals surface area contributed by atoms with Crippen LogP contribution in [0.1, 0.15) is 53.7 Å². The van der Waals surface area contributed by atoms with Crippen LogP contribution in [-0.2, 0) is 11.8 Å². The first-order chi connectivity index (χ1) is 14.6. The molecule has 2 heterocycles. The molecule has 0 aliphatic carbocycles. The molecule has 1 fully saturated rings. The molecule has 30 heavy (non-hydrogen) atoms. The van der Waals surface area contributed by atoms with Crippen molar-refractivity contribution in [1.82, 2.24) is 4.90 Å². The largest absolute Gasteiger partial charge is 0.358 e. The second-order valence-corrected chi connectivity index (χ2v) is 9.80. The Balaban J connectivity index is 1.32. The number of likely N-dealkylation sites (tertiary alicyclic amines) is 1. The molecule has 3 nitrogen and oxygen atoms in total. The average Bonchev–Trinajstić information content (AvgIpc) is 3.05. The highest BCUT2D eigenvalue weighted by atomic mass is 32.2. The lowest BCUT2D eigenvalue weighted by Crippen LogP contribution is -2.43. The van der Waals surface area contributed by atoms with Gasteiger partial charge >= 0.3 is 0 Å². The maximum absolute atomic E-state index is 9.31. The van der Waals surface area contributed by atoms with Crippen LogP contribution in [0, 0.1) is 11.3 Å². The van der Waals surface area contributed by atoms with E-state index in [4.69, 9.17) is 0 Å². The molecule has 156 valence electrons. The standard InChI is InChI=1S/C26H31N3S/c1-19(30-3)23-9-6-21(7-10-23)5-4-14-29-15-12-26(13-16-29)20(2)28-25-11-8-22(18-27)17-24(25)26/h6-11,17,19,28H,2,4-5,12-16H2,1,3H3. The van der Waals surface area contributed by atoms with Crippen molar-refractivity contribution < 1.29 is 0 Å². The Hall–Kier alpha value is -2.22. The molecule has 2 aliphatic heterocycles. The van der Waals surface area contributed by atoms with E-state index in [1.165, 1.54) is 23.1 Å². The molecule has 0 radical (unpaired) electrons. The lowest BCUT2D eigenvalue weighted by atomic mass is 9.72. The number of aryl methyl sites for hydroxylation is 1. The second kappa shape index (κ2) is 8.88. The fraction of sp³-hybridized carbons (Fsp3) is 0.423. The number of rotatable bonds is 6. The number of allylic oxidation sites excluding steroid dienone is 1. The highest BCUT2D eigenvalue weighted by Crippen LogP contribution is 2.49. The van der Waals surface area contributed by atoms with Crippen LogP contribution < -0.4 is 5.32 Å². The first-order valence-corrected chi connectivity index (χ1v) is 12.2. The molecule has 2 aromatic carbocycles. The van der Waals surface area contributed by atoms with Crippen LogP contribution in [0.25, 0.3) is 0 Å². The Labute approximate surface area is 185 Å².